The number of hydrogen-bond donors (Lipinski definition) is 1. The van der Waals surface area contributed by atoms with E-state index in [1.165, 1.54) is 6.20 Å². The molecule has 11 nitrogen and oxygen atoms in total. The number of nitrogens with one attached hydrogen (secondary N) is 1. The second kappa shape index (κ2) is 11.4. The number of carbonyl (C=O) groups excluding carboxylic acids is 2. The van der Waals surface area contributed by atoms with Crippen LogP contribution >= 0.6 is 11.6 Å². The van der Waals surface area contributed by atoms with Crippen molar-refractivity contribution in [2.24, 2.45) is 23.7 Å². The summed E-state index contributed by atoms with van der Waals surface area (Å²) in [5, 5.41) is 0.206. The molecule has 0 unspecified atom stereocenters. The smallest absolute Gasteiger partial charge is 0.435 e. The second-order valence-corrected chi connectivity index (χ2v) is 10.7. The first-order valence-electron chi connectivity index (χ1n) is 13.6. The first kappa shape index (κ1) is 27.1. The maximum atomic E-state index is 16.1. The van der Waals surface area contributed by atoms with Crippen molar-refractivity contribution in [1.82, 2.24) is 29.5 Å². The molecule has 3 aliphatic carbocycles. The lowest BCUT2D eigenvalue weighted by molar-refractivity contribution is -0.168. The van der Waals surface area contributed by atoms with Gasteiger partial charge in [0, 0.05) is 18.6 Å². The molecule has 3 aliphatic rings. The average Bonchev–Trinajstić information content (AvgIpc) is 3.65. The first-order chi connectivity index (χ1) is 19.9. The molecule has 7 rings (SSSR count). The number of fused-ring (bicyclic) bond motifs is 4. The van der Waals surface area contributed by atoms with E-state index in [9.17, 15) is 9.59 Å². The summed E-state index contributed by atoms with van der Waals surface area (Å²) in [5.74, 6) is -1.06. The number of carbonyl (C=O) groups is 2. The molecule has 0 aromatic carbocycles. The van der Waals surface area contributed by atoms with Gasteiger partial charge in [0.1, 0.15) is 10.7 Å². The number of halogens is 2. The summed E-state index contributed by atoms with van der Waals surface area (Å²) in [6, 6.07) is 3.56. The van der Waals surface area contributed by atoms with Crippen LogP contribution in [0.5, 0.6) is 0 Å². The van der Waals surface area contributed by atoms with Crippen LogP contribution < -0.4 is 0 Å². The van der Waals surface area contributed by atoms with Crippen molar-refractivity contribution >= 4 is 34.9 Å². The van der Waals surface area contributed by atoms with Crippen LogP contribution in [0.15, 0.2) is 36.9 Å². The summed E-state index contributed by atoms with van der Waals surface area (Å²) in [5.41, 5.74) is 1.69. The number of hydrogen-bond acceptors (Lipinski definition) is 9. The number of esters is 1. The largest absolute Gasteiger partial charge is 0.511 e. The minimum Gasteiger partial charge on any atom is -0.435 e. The Balaban J connectivity index is 1.35. The van der Waals surface area contributed by atoms with Gasteiger partial charge < -0.3 is 23.8 Å². The van der Waals surface area contributed by atoms with Gasteiger partial charge in [-0.25, -0.2) is 29.1 Å². The lowest BCUT2D eigenvalue weighted by Gasteiger charge is -2.47. The van der Waals surface area contributed by atoms with Gasteiger partial charge in [-0.2, -0.15) is 0 Å². The third kappa shape index (κ3) is 5.35. The third-order valence-corrected chi connectivity index (χ3v) is 8.26. The molecule has 4 aromatic heterocycles. The molecule has 13 heteroatoms. The fourth-order valence-electron chi connectivity index (χ4n) is 6.27. The van der Waals surface area contributed by atoms with Crippen LogP contribution in [0.4, 0.5) is 9.18 Å². The molecular weight excluding hydrogens is 555 g/mol. The van der Waals surface area contributed by atoms with Gasteiger partial charge in [-0.3, -0.25) is 4.79 Å². The van der Waals surface area contributed by atoms with Gasteiger partial charge in [0.2, 0.25) is 6.79 Å². The lowest BCUT2D eigenvalue weighted by atomic mass is 9.57. The summed E-state index contributed by atoms with van der Waals surface area (Å²) in [7, 11) is 0. The van der Waals surface area contributed by atoms with Crippen molar-refractivity contribution in [2.75, 3.05) is 13.4 Å². The lowest BCUT2D eigenvalue weighted by Crippen LogP contribution is -2.46. The number of aromatic nitrogens is 6. The quantitative estimate of drug-likeness (QED) is 0.218. The zero-order valence-corrected chi connectivity index (χ0v) is 23.0. The van der Waals surface area contributed by atoms with E-state index in [0.717, 1.165) is 25.7 Å². The predicted octanol–water partition coefficient (Wildman–Crippen LogP) is 5.27. The van der Waals surface area contributed by atoms with Gasteiger partial charge in [0.05, 0.1) is 30.0 Å². The third-order valence-electron chi connectivity index (χ3n) is 8.08. The molecule has 41 heavy (non-hydrogen) atoms. The zero-order chi connectivity index (χ0) is 28.5. The molecule has 3 fully saturated rings. The Kier molecular flexibility index (Phi) is 7.57. The highest BCUT2D eigenvalue weighted by Crippen LogP contribution is 2.50. The van der Waals surface area contributed by atoms with E-state index in [-0.39, 0.29) is 53.3 Å². The minimum absolute atomic E-state index is 0.0854. The van der Waals surface area contributed by atoms with Crippen molar-refractivity contribution in [1.29, 1.82) is 0 Å². The van der Waals surface area contributed by atoms with E-state index in [4.69, 9.17) is 25.8 Å². The Bertz CT molecular complexity index is 1570. The van der Waals surface area contributed by atoms with E-state index in [1.807, 2.05) is 0 Å². The molecule has 0 radical (unpaired) electrons. The summed E-state index contributed by atoms with van der Waals surface area (Å²) >= 11 is 6.11. The summed E-state index contributed by atoms with van der Waals surface area (Å²) in [6.07, 6.45) is 9.49. The molecule has 0 aliphatic heterocycles. The molecular formula is C28H28ClFN6O5. The van der Waals surface area contributed by atoms with Crippen LogP contribution in [-0.2, 0) is 25.4 Å². The molecule has 2 bridgehead atoms. The monoisotopic (exact) mass is 582 g/mol. The fourth-order valence-corrected chi connectivity index (χ4v) is 6.41. The van der Waals surface area contributed by atoms with Gasteiger partial charge in [-0.15, -0.1) is 0 Å². The number of nitrogens with zero attached hydrogens (tertiary/aromatic N) is 5. The Morgan fingerprint density at radius 2 is 1.83 bits per heavy atom. The zero-order valence-electron chi connectivity index (χ0n) is 22.3. The highest BCUT2D eigenvalue weighted by atomic mass is 35.5. The standard InChI is InChI=1S/C28H28ClFN6O5/c1-2-39-28(38)41-14-40-27(37)21-16-7-5-15(6-8-16)17(21)11-19-22(30)26(36-9-3-4-10-36)35-24(33-19)18-12-31-25-23(18)34-20(29)13-32-25/h3-4,9-10,12-13,15-17,21H,2,5-8,11,14H2,1H3,(H,31,32)/t15?,16?,17-,21-/m0/s1. The fraction of sp³-hybridized carbons (Fsp3) is 0.429. The Hall–Kier alpha value is -4.06. The van der Waals surface area contributed by atoms with Gasteiger partial charge in [0.15, 0.2) is 23.1 Å². The SMILES string of the molecule is CCOC(=O)OCOC(=O)[C@H]1C2CCC(CC2)[C@@H]1Cc1nc(-c2c[nH]c3ncc(Cl)nc23)nc(-n2cccc2)c1F. The van der Waals surface area contributed by atoms with Crippen LogP contribution in [0.2, 0.25) is 5.15 Å². The average molecular weight is 583 g/mol. The normalized spacial score (nSPS) is 21.6. The van der Waals surface area contributed by atoms with E-state index in [2.05, 4.69) is 24.9 Å². The summed E-state index contributed by atoms with van der Waals surface area (Å²) in [6.45, 7) is 1.26. The van der Waals surface area contributed by atoms with Gasteiger partial charge in [0.25, 0.3) is 0 Å². The van der Waals surface area contributed by atoms with E-state index in [1.54, 1.807) is 42.2 Å². The molecule has 214 valence electrons. The second-order valence-electron chi connectivity index (χ2n) is 10.3. The Morgan fingerprint density at radius 3 is 2.59 bits per heavy atom. The van der Waals surface area contributed by atoms with E-state index < -0.39 is 30.7 Å². The number of H-pyrrole nitrogens is 1. The summed E-state index contributed by atoms with van der Waals surface area (Å²) in [4.78, 5) is 45.7. The number of rotatable bonds is 8. The maximum absolute atomic E-state index is 16.1. The van der Waals surface area contributed by atoms with Crippen LogP contribution in [0.3, 0.4) is 0 Å². The number of ether oxygens (including phenoxy) is 3. The highest BCUT2D eigenvalue weighted by molar-refractivity contribution is 6.29. The van der Waals surface area contributed by atoms with Crippen molar-refractivity contribution in [2.45, 2.75) is 39.0 Å². The van der Waals surface area contributed by atoms with Crippen molar-refractivity contribution in [3.05, 3.63) is 53.6 Å². The van der Waals surface area contributed by atoms with E-state index >= 15 is 4.39 Å². The molecule has 4 heterocycles. The van der Waals surface area contributed by atoms with Gasteiger partial charge in [-0.1, -0.05) is 11.6 Å². The minimum atomic E-state index is -0.904. The van der Waals surface area contributed by atoms with Crippen LogP contribution in [-0.4, -0.2) is 55.0 Å². The first-order valence-corrected chi connectivity index (χ1v) is 14.0. The Labute approximate surface area is 239 Å². The van der Waals surface area contributed by atoms with Crippen LogP contribution in [0.25, 0.3) is 28.4 Å². The maximum Gasteiger partial charge on any atom is 0.511 e. The molecule has 4 aromatic rings. The van der Waals surface area contributed by atoms with Crippen molar-refractivity contribution in [3.8, 4) is 17.2 Å². The van der Waals surface area contributed by atoms with Crippen molar-refractivity contribution < 1.29 is 28.2 Å². The van der Waals surface area contributed by atoms with Crippen molar-refractivity contribution in [3.63, 3.8) is 0 Å². The van der Waals surface area contributed by atoms with Crippen LogP contribution in [0.1, 0.15) is 38.3 Å². The summed E-state index contributed by atoms with van der Waals surface area (Å²) < 4.78 is 32.6. The van der Waals surface area contributed by atoms with Crippen LogP contribution in [0, 0.1) is 29.5 Å². The Morgan fingerprint density at radius 1 is 1.07 bits per heavy atom. The highest BCUT2D eigenvalue weighted by Gasteiger charge is 2.48. The number of aromatic amines is 1. The molecule has 1 N–H and O–H groups in total. The molecule has 3 saturated carbocycles. The molecule has 0 spiro atoms. The van der Waals surface area contributed by atoms with Gasteiger partial charge >= 0.3 is 12.1 Å². The van der Waals surface area contributed by atoms with E-state index in [0.29, 0.717) is 16.7 Å². The predicted molar refractivity (Wildman–Crippen MR) is 144 cm³/mol. The molecule has 0 amide bonds. The van der Waals surface area contributed by atoms with Gasteiger partial charge in [-0.05, 0) is 68.9 Å². The molecule has 2 atom stereocenters. The molecule has 0 saturated heterocycles. The topological polar surface area (TPSA) is 134 Å².